The quantitative estimate of drug-likeness (QED) is 0.707. The molecule has 2 aliphatic heterocycles. The molecule has 7 nitrogen and oxygen atoms in total. The molecular formula is C21H25Cl2N3O4S. The van der Waals surface area contributed by atoms with Crippen molar-refractivity contribution < 1.29 is 18.0 Å². The van der Waals surface area contributed by atoms with E-state index in [0.717, 1.165) is 17.1 Å². The number of amides is 2. The van der Waals surface area contributed by atoms with Crippen molar-refractivity contribution in [2.24, 2.45) is 11.8 Å². The predicted octanol–water partition coefficient (Wildman–Crippen LogP) is 3.38. The van der Waals surface area contributed by atoms with Crippen LogP contribution in [0.1, 0.15) is 38.5 Å². The fraction of sp³-hybridized carbons (Fsp3) is 0.524. The van der Waals surface area contributed by atoms with E-state index in [1.807, 2.05) is 0 Å². The van der Waals surface area contributed by atoms with Gasteiger partial charge in [0.25, 0.3) is 10.0 Å². The molecule has 1 aliphatic carbocycles. The van der Waals surface area contributed by atoms with E-state index < -0.39 is 22.0 Å². The van der Waals surface area contributed by atoms with Crippen molar-refractivity contribution >= 4 is 45.0 Å². The highest BCUT2D eigenvalue weighted by molar-refractivity contribution is 7.89. The van der Waals surface area contributed by atoms with E-state index in [0.29, 0.717) is 24.9 Å². The number of rotatable bonds is 4. The smallest absolute Gasteiger partial charge is 0.264 e. The van der Waals surface area contributed by atoms with Crippen molar-refractivity contribution in [2.45, 2.75) is 49.5 Å². The highest BCUT2D eigenvalue weighted by Gasteiger charge is 2.39. The van der Waals surface area contributed by atoms with Gasteiger partial charge in [-0.1, -0.05) is 42.5 Å². The van der Waals surface area contributed by atoms with Gasteiger partial charge in [-0.3, -0.25) is 13.9 Å². The molecule has 1 aromatic rings. The van der Waals surface area contributed by atoms with Gasteiger partial charge in [0.1, 0.15) is 6.04 Å². The molecule has 1 N–H and O–H groups in total. The molecular weight excluding hydrogens is 461 g/mol. The number of hydrogen-bond donors (Lipinski definition) is 1. The minimum Gasteiger partial charge on any atom is -0.342 e. The Morgan fingerprint density at radius 3 is 2.58 bits per heavy atom. The molecule has 0 unspecified atom stereocenters. The molecule has 0 bridgehead atoms. The number of benzene rings is 1. The monoisotopic (exact) mass is 485 g/mol. The fourth-order valence-electron chi connectivity index (χ4n) is 4.82. The molecule has 0 aromatic heterocycles. The zero-order valence-corrected chi connectivity index (χ0v) is 19.3. The molecule has 1 aromatic carbocycles. The van der Waals surface area contributed by atoms with Crippen LogP contribution >= 0.6 is 23.2 Å². The van der Waals surface area contributed by atoms with Crippen LogP contribution in [0, 0.1) is 11.8 Å². The van der Waals surface area contributed by atoms with Crippen molar-refractivity contribution in [1.29, 1.82) is 0 Å². The fourth-order valence-corrected chi connectivity index (χ4v) is 6.66. The van der Waals surface area contributed by atoms with E-state index in [2.05, 4.69) is 5.32 Å². The minimum atomic E-state index is -4.11. The van der Waals surface area contributed by atoms with Gasteiger partial charge in [-0.2, -0.15) is 0 Å². The van der Waals surface area contributed by atoms with Gasteiger partial charge in [-0.15, -0.1) is 0 Å². The van der Waals surface area contributed by atoms with Gasteiger partial charge >= 0.3 is 0 Å². The summed E-state index contributed by atoms with van der Waals surface area (Å²) in [5, 5.41) is 2.84. The third-order valence-corrected chi connectivity index (χ3v) is 9.06. The molecule has 168 valence electrons. The van der Waals surface area contributed by atoms with Crippen LogP contribution in [-0.2, 0) is 19.6 Å². The zero-order valence-electron chi connectivity index (χ0n) is 17.0. The predicted molar refractivity (Wildman–Crippen MR) is 118 cm³/mol. The highest BCUT2D eigenvalue weighted by atomic mass is 35.5. The van der Waals surface area contributed by atoms with Crippen LogP contribution in [0.5, 0.6) is 0 Å². The van der Waals surface area contributed by atoms with E-state index in [4.69, 9.17) is 23.2 Å². The van der Waals surface area contributed by atoms with Crippen LogP contribution in [0.15, 0.2) is 35.5 Å². The normalized spacial score (nSPS) is 26.4. The average Bonchev–Trinajstić information content (AvgIpc) is 2.76. The number of hydrogen-bond acceptors (Lipinski definition) is 4. The Morgan fingerprint density at radius 2 is 1.84 bits per heavy atom. The maximum Gasteiger partial charge on any atom is 0.264 e. The van der Waals surface area contributed by atoms with E-state index in [-0.39, 0.29) is 27.3 Å². The standard InChI is InChI=1S/C21H25Cl2N3O4S/c22-17-6-5-16(11-18(17)23)31(29,30)26-10-8-24-21(28)19(26)12-20(27)25-9-7-14-3-1-2-4-15(14)13-25/h5-6,8,10-11,14-15,19H,1-4,7,9,12-13H2,(H,24,28)/t14-,15+,19-/m1/s1. The summed E-state index contributed by atoms with van der Waals surface area (Å²) in [5.41, 5.74) is 0. The average molecular weight is 486 g/mol. The Labute approximate surface area is 192 Å². The van der Waals surface area contributed by atoms with Crippen LogP contribution < -0.4 is 5.32 Å². The third-order valence-electron chi connectivity index (χ3n) is 6.54. The first-order valence-electron chi connectivity index (χ1n) is 10.5. The Balaban J connectivity index is 1.53. The minimum absolute atomic E-state index is 0.0937. The molecule has 0 radical (unpaired) electrons. The third kappa shape index (κ3) is 4.56. The summed E-state index contributed by atoms with van der Waals surface area (Å²) in [4.78, 5) is 27.3. The molecule has 2 fully saturated rings. The molecule has 1 saturated carbocycles. The van der Waals surface area contributed by atoms with E-state index in [1.165, 1.54) is 49.9 Å². The van der Waals surface area contributed by atoms with Crippen molar-refractivity contribution in [1.82, 2.24) is 14.5 Å². The van der Waals surface area contributed by atoms with Gasteiger partial charge in [0, 0.05) is 25.5 Å². The Hall–Kier alpha value is -1.77. The summed E-state index contributed by atoms with van der Waals surface area (Å²) < 4.78 is 27.4. The molecule has 4 rings (SSSR count). The first kappa shape index (κ1) is 22.4. The van der Waals surface area contributed by atoms with Crippen LogP contribution in [0.3, 0.4) is 0 Å². The summed E-state index contributed by atoms with van der Waals surface area (Å²) in [6.07, 6.45) is 8.07. The van der Waals surface area contributed by atoms with Crippen LogP contribution in [0.25, 0.3) is 0 Å². The molecule has 3 aliphatic rings. The van der Waals surface area contributed by atoms with Gasteiger partial charge < -0.3 is 10.2 Å². The number of nitrogens with one attached hydrogen (secondary N) is 1. The second-order valence-electron chi connectivity index (χ2n) is 8.39. The maximum atomic E-state index is 13.2. The number of fused-ring (bicyclic) bond motifs is 1. The van der Waals surface area contributed by atoms with E-state index in [1.54, 1.807) is 4.90 Å². The molecule has 31 heavy (non-hydrogen) atoms. The molecule has 0 spiro atoms. The second-order valence-corrected chi connectivity index (χ2v) is 11.0. The summed E-state index contributed by atoms with van der Waals surface area (Å²) >= 11 is 11.9. The lowest BCUT2D eigenvalue weighted by atomic mass is 9.75. The second kappa shape index (κ2) is 9.00. The Bertz CT molecular complexity index is 1010. The maximum absolute atomic E-state index is 13.2. The number of nitrogens with zero attached hydrogens (tertiary/aromatic N) is 2. The molecule has 2 heterocycles. The molecule has 1 saturated heterocycles. The number of carbonyl (C=O) groups is 2. The SMILES string of the molecule is O=C1NC=CN(S(=O)(=O)c2ccc(Cl)c(Cl)c2)[C@@H]1CC(=O)N1CC[C@H]2CCCC[C@H]2C1. The van der Waals surface area contributed by atoms with Gasteiger partial charge in [0.2, 0.25) is 11.8 Å². The van der Waals surface area contributed by atoms with Gasteiger partial charge in [0.15, 0.2) is 0 Å². The lowest BCUT2D eigenvalue weighted by molar-refractivity contribution is -0.138. The van der Waals surface area contributed by atoms with E-state index >= 15 is 0 Å². The van der Waals surface area contributed by atoms with E-state index in [9.17, 15) is 18.0 Å². The van der Waals surface area contributed by atoms with Gasteiger partial charge in [-0.05, 0) is 42.9 Å². The number of carbonyl (C=O) groups excluding carboxylic acids is 2. The van der Waals surface area contributed by atoms with Gasteiger partial charge in [-0.25, -0.2) is 8.42 Å². The Kier molecular flexibility index (Phi) is 6.51. The van der Waals surface area contributed by atoms with Crippen molar-refractivity contribution in [3.63, 3.8) is 0 Å². The first-order valence-corrected chi connectivity index (χ1v) is 12.7. The summed E-state index contributed by atoms with van der Waals surface area (Å²) in [6.45, 7) is 1.34. The summed E-state index contributed by atoms with van der Waals surface area (Å²) in [5.74, 6) is 0.439. The largest absolute Gasteiger partial charge is 0.342 e. The summed E-state index contributed by atoms with van der Waals surface area (Å²) in [7, 11) is -4.11. The first-order chi connectivity index (χ1) is 14.8. The number of sulfonamides is 1. The lowest BCUT2D eigenvalue weighted by Crippen LogP contribution is -2.52. The highest BCUT2D eigenvalue weighted by Crippen LogP contribution is 2.36. The number of piperidine rings is 1. The molecule has 2 amide bonds. The topological polar surface area (TPSA) is 86.8 Å². The van der Waals surface area contributed by atoms with Crippen molar-refractivity contribution in [3.05, 3.63) is 40.6 Å². The Morgan fingerprint density at radius 1 is 1.10 bits per heavy atom. The zero-order chi connectivity index (χ0) is 22.2. The van der Waals surface area contributed by atoms with Gasteiger partial charge in [0.05, 0.1) is 21.4 Å². The molecule has 10 heteroatoms. The number of likely N-dealkylation sites (tertiary alicyclic amines) is 1. The number of halogens is 2. The molecule has 3 atom stereocenters. The summed E-state index contributed by atoms with van der Waals surface area (Å²) in [6, 6.07) is 2.79. The van der Waals surface area contributed by atoms with Crippen molar-refractivity contribution in [2.75, 3.05) is 13.1 Å². The van der Waals surface area contributed by atoms with Crippen LogP contribution in [-0.4, -0.2) is 48.6 Å². The van der Waals surface area contributed by atoms with Crippen molar-refractivity contribution in [3.8, 4) is 0 Å². The van der Waals surface area contributed by atoms with Crippen LogP contribution in [0.2, 0.25) is 10.0 Å². The van der Waals surface area contributed by atoms with Crippen LogP contribution in [0.4, 0.5) is 0 Å². The lowest BCUT2D eigenvalue weighted by Gasteiger charge is -2.42.